The average Bonchev–Trinajstić information content (AvgIpc) is 3.11. The van der Waals surface area contributed by atoms with Crippen LogP contribution in [0.4, 0.5) is 5.95 Å². The van der Waals surface area contributed by atoms with Gasteiger partial charge in [-0.2, -0.15) is 10.1 Å². The third-order valence-corrected chi connectivity index (χ3v) is 3.44. The second-order valence-corrected chi connectivity index (χ2v) is 4.93. The highest BCUT2D eigenvalue weighted by Crippen LogP contribution is 2.31. The molecule has 6 nitrogen and oxygen atoms in total. The maximum Gasteiger partial charge on any atom is 0.225 e. The number of rotatable bonds is 2. The molecule has 0 aliphatic carbocycles. The van der Waals surface area contributed by atoms with Gasteiger partial charge in [0, 0.05) is 12.4 Å². The Hall–Kier alpha value is -2.89. The van der Waals surface area contributed by atoms with Crippen molar-refractivity contribution in [1.29, 1.82) is 0 Å². The summed E-state index contributed by atoms with van der Waals surface area (Å²) in [5.41, 5.74) is 3.45. The Morgan fingerprint density at radius 3 is 2.95 bits per heavy atom. The Morgan fingerprint density at radius 1 is 1.19 bits per heavy atom. The summed E-state index contributed by atoms with van der Waals surface area (Å²) in [5, 5.41) is 11.7. The first-order valence-electron chi connectivity index (χ1n) is 6.64. The average molecular weight is 279 g/mol. The van der Waals surface area contributed by atoms with Crippen molar-refractivity contribution in [3.63, 3.8) is 0 Å². The Balaban J connectivity index is 2.00. The van der Waals surface area contributed by atoms with Crippen LogP contribution in [0.2, 0.25) is 0 Å². The van der Waals surface area contributed by atoms with Crippen molar-refractivity contribution >= 4 is 28.0 Å². The zero-order valence-electron chi connectivity index (χ0n) is 11.6. The molecule has 2 N–H and O–H groups in total. The zero-order chi connectivity index (χ0) is 14.4. The summed E-state index contributed by atoms with van der Waals surface area (Å²) in [6, 6.07) is 8.09. The summed E-state index contributed by atoms with van der Waals surface area (Å²) in [7, 11) is 1.78. The number of nitrogens with one attached hydrogen (secondary N) is 2. The molecule has 0 radical (unpaired) electrons. The van der Waals surface area contributed by atoms with Crippen molar-refractivity contribution in [3.05, 3.63) is 36.0 Å². The van der Waals surface area contributed by atoms with Gasteiger partial charge in [0.15, 0.2) is 11.4 Å². The molecule has 6 heteroatoms. The largest absolute Gasteiger partial charge is 0.454 e. The lowest BCUT2D eigenvalue weighted by molar-refractivity contribution is 0.629. The number of aromatic nitrogens is 4. The van der Waals surface area contributed by atoms with E-state index in [-0.39, 0.29) is 0 Å². The maximum atomic E-state index is 5.93. The second kappa shape index (κ2) is 4.31. The SMILES string of the molecule is CNc1nc(-c2cc3cc(C)ccc3o2)c2cn[nH]c2n1. The Morgan fingerprint density at radius 2 is 2.10 bits per heavy atom. The Kier molecular flexibility index (Phi) is 2.44. The smallest absolute Gasteiger partial charge is 0.225 e. The van der Waals surface area contributed by atoms with Crippen LogP contribution in [-0.4, -0.2) is 27.2 Å². The minimum atomic E-state index is 0.526. The predicted octanol–water partition coefficient (Wildman–Crippen LogP) is 3.12. The van der Waals surface area contributed by atoms with Crippen molar-refractivity contribution in [2.75, 3.05) is 12.4 Å². The van der Waals surface area contributed by atoms with Gasteiger partial charge >= 0.3 is 0 Å². The summed E-state index contributed by atoms with van der Waals surface area (Å²) in [6.07, 6.45) is 1.71. The van der Waals surface area contributed by atoms with E-state index in [1.165, 1.54) is 5.56 Å². The molecule has 104 valence electrons. The van der Waals surface area contributed by atoms with Crippen LogP contribution >= 0.6 is 0 Å². The van der Waals surface area contributed by atoms with Gasteiger partial charge in [0.1, 0.15) is 11.3 Å². The first-order chi connectivity index (χ1) is 10.2. The fourth-order valence-electron chi connectivity index (χ4n) is 2.41. The van der Waals surface area contributed by atoms with Gasteiger partial charge in [-0.05, 0) is 25.1 Å². The molecule has 4 rings (SSSR count). The number of hydrogen-bond acceptors (Lipinski definition) is 5. The summed E-state index contributed by atoms with van der Waals surface area (Å²) in [4.78, 5) is 8.83. The molecule has 0 fully saturated rings. The number of furan rings is 1. The number of fused-ring (bicyclic) bond motifs is 2. The standard InChI is InChI=1S/C15H13N5O/c1-8-3-4-11-9(5-8)6-12(21-11)13-10-7-17-20-14(10)19-15(16-2)18-13/h3-7H,1-2H3,(H2,16,17,18,19,20). The number of nitrogens with zero attached hydrogens (tertiary/aromatic N) is 3. The maximum absolute atomic E-state index is 5.93. The van der Waals surface area contributed by atoms with Crippen LogP contribution in [0.25, 0.3) is 33.5 Å². The lowest BCUT2D eigenvalue weighted by atomic mass is 10.1. The molecule has 0 aliphatic rings. The van der Waals surface area contributed by atoms with Crippen LogP contribution in [0.3, 0.4) is 0 Å². The minimum Gasteiger partial charge on any atom is -0.454 e. The van der Waals surface area contributed by atoms with E-state index in [0.29, 0.717) is 17.4 Å². The van der Waals surface area contributed by atoms with E-state index >= 15 is 0 Å². The van der Waals surface area contributed by atoms with Gasteiger partial charge in [-0.15, -0.1) is 0 Å². The van der Waals surface area contributed by atoms with Crippen LogP contribution in [0, 0.1) is 6.92 Å². The molecule has 0 amide bonds. The summed E-state index contributed by atoms with van der Waals surface area (Å²) < 4.78 is 5.93. The molecule has 0 spiro atoms. The molecule has 21 heavy (non-hydrogen) atoms. The normalized spacial score (nSPS) is 11.3. The fraction of sp³-hybridized carbons (Fsp3) is 0.133. The van der Waals surface area contributed by atoms with Gasteiger partial charge < -0.3 is 9.73 Å². The second-order valence-electron chi connectivity index (χ2n) is 4.93. The number of H-pyrrole nitrogens is 1. The highest BCUT2D eigenvalue weighted by molar-refractivity contribution is 5.92. The molecule has 0 atom stereocenters. The summed E-state index contributed by atoms with van der Waals surface area (Å²) in [5.74, 6) is 1.24. The highest BCUT2D eigenvalue weighted by atomic mass is 16.3. The number of aryl methyl sites for hydroxylation is 1. The van der Waals surface area contributed by atoms with Gasteiger partial charge in [-0.1, -0.05) is 11.6 Å². The molecule has 0 unspecified atom stereocenters. The number of aromatic amines is 1. The highest BCUT2D eigenvalue weighted by Gasteiger charge is 2.15. The molecular formula is C15H13N5O. The lowest BCUT2D eigenvalue weighted by Gasteiger charge is -2.02. The van der Waals surface area contributed by atoms with Gasteiger partial charge in [-0.25, -0.2) is 4.98 Å². The third kappa shape index (κ3) is 1.84. The predicted molar refractivity (Wildman–Crippen MR) is 81.2 cm³/mol. The van der Waals surface area contributed by atoms with Crippen molar-refractivity contribution < 1.29 is 4.42 Å². The van der Waals surface area contributed by atoms with Crippen LogP contribution in [0.1, 0.15) is 5.56 Å². The van der Waals surface area contributed by atoms with Gasteiger partial charge in [0.2, 0.25) is 5.95 Å². The quantitative estimate of drug-likeness (QED) is 0.589. The van der Waals surface area contributed by atoms with E-state index in [9.17, 15) is 0 Å². The molecule has 0 aliphatic heterocycles. The first kappa shape index (κ1) is 11.9. The topological polar surface area (TPSA) is 79.6 Å². The summed E-state index contributed by atoms with van der Waals surface area (Å²) >= 11 is 0. The van der Waals surface area contributed by atoms with Gasteiger partial charge in [-0.3, -0.25) is 5.10 Å². The van der Waals surface area contributed by atoms with Crippen molar-refractivity contribution in [1.82, 2.24) is 20.2 Å². The van der Waals surface area contributed by atoms with Crippen molar-refractivity contribution in [2.45, 2.75) is 6.92 Å². The number of hydrogen-bond donors (Lipinski definition) is 2. The molecule has 4 aromatic rings. The van der Waals surface area contributed by atoms with E-state index in [1.807, 2.05) is 18.2 Å². The van der Waals surface area contributed by atoms with Crippen molar-refractivity contribution in [3.8, 4) is 11.5 Å². The van der Waals surface area contributed by atoms with E-state index in [4.69, 9.17) is 4.42 Å². The number of benzene rings is 1. The fourth-order valence-corrected chi connectivity index (χ4v) is 2.41. The molecule has 3 aromatic heterocycles. The molecular weight excluding hydrogens is 266 g/mol. The van der Waals surface area contributed by atoms with Gasteiger partial charge in [0.05, 0.1) is 11.6 Å². The van der Waals surface area contributed by atoms with Crippen molar-refractivity contribution in [2.24, 2.45) is 0 Å². The first-order valence-corrected chi connectivity index (χ1v) is 6.64. The molecule has 0 bridgehead atoms. The van der Waals surface area contributed by atoms with E-state index < -0.39 is 0 Å². The number of anilines is 1. The lowest BCUT2D eigenvalue weighted by Crippen LogP contribution is -1.98. The summed E-state index contributed by atoms with van der Waals surface area (Å²) in [6.45, 7) is 2.06. The van der Waals surface area contributed by atoms with E-state index in [2.05, 4.69) is 38.5 Å². The van der Waals surface area contributed by atoms with Crippen LogP contribution in [-0.2, 0) is 0 Å². The van der Waals surface area contributed by atoms with Crippen LogP contribution in [0.15, 0.2) is 34.9 Å². The Labute approximate surface area is 120 Å². The zero-order valence-corrected chi connectivity index (χ0v) is 11.6. The van der Waals surface area contributed by atoms with Crippen LogP contribution in [0.5, 0.6) is 0 Å². The molecule has 1 aromatic carbocycles. The van der Waals surface area contributed by atoms with E-state index in [0.717, 1.165) is 22.0 Å². The Bertz CT molecular complexity index is 953. The van der Waals surface area contributed by atoms with Gasteiger partial charge in [0.25, 0.3) is 0 Å². The minimum absolute atomic E-state index is 0.526. The third-order valence-electron chi connectivity index (χ3n) is 3.44. The van der Waals surface area contributed by atoms with Crippen LogP contribution < -0.4 is 5.32 Å². The molecule has 0 saturated heterocycles. The molecule has 3 heterocycles. The monoisotopic (exact) mass is 279 g/mol. The van der Waals surface area contributed by atoms with E-state index in [1.54, 1.807) is 13.2 Å². The molecule has 0 saturated carbocycles.